The highest BCUT2D eigenvalue weighted by Gasteiger charge is 2.47. The fourth-order valence-corrected chi connectivity index (χ4v) is 4.51. The quantitative estimate of drug-likeness (QED) is 0.558. The van der Waals surface area contributed by atoms with Crippen molar-refractivity contribution < 1.29 is 1.37 Å². The van der Waals surface area contributed by atoms with Crippen molar-refractivity contribution in [2.75, 3.05) is 0 Å². The van der Waals surface area contributed by atoms with Crippen molar-refractivity contribution in [2.45, 2.75) is 45.4 Å². The van der Waals surface area contributed by atoms with E-state index in [9.17, 15) is 0 Å². The van der Waals surface area contributed by atoms with Crippen molar-refractivity contribution in [3.8, 4) is 0 Å². The maximum atomic E-state index is 7.95. The van der Waals surface area contributed by atoms with Gasteiger partial charge in [0.05, 0.1) is 0 Å². The van der Waals surface area contributed by atoms with Gasteiger partial charge in [-0.1, -0.05) is 13.3 Å². The van der Waals surface area contributed by atoms with Crippen molar-refractivity contribution in [1.29, 1.82) is 0 Å². The Kier molecular flexibility index (Phi) is 1.34. The summed E-state index contributed by atoms with van der Waals surface area (Å²) >= 11 is 0. The second-order valence-electron chi connectivity index (χ2n) is 5.34. The van der Waals surface area contributed by atoms with Crippen LogP contribution in [0.5, 0.6) is 0 Å². The molecule has 68 valence electrons. The first-order valence-corrected chi connectivity index (χ1v) is 5.66. The highest BCUT2D eigenvalue weighted by molar-refractivity contribution is 4.97. The Morgan fingerprint density at radius 3 is 1.92 bits per heavy atom. The van der Waals surface area contributed by atoms with Crippen LogP contribution in [0.3, 0.4) is 0 Å². The maximum absolute atomic E-state index is 7.95. The zero-order chi connectivity index (χ0) is 9.00. The van der Waals surface area contributed by atoms with Crippen molar-refractivity contribution in [1.82, 2.24) is 0 Å². The van der Waals surface area contributed by atoms with E-state index in [4.69, 9.17) is 1.37 Å². The summed E-state index contributed by atoms with van der Waals surface area (Å²) in [6, 6.07) is 0. The molecule has 1 atom stereocenters. The van der Waals surface area contributed by atoms with Crippen LogP contribution < -0.4 is 0 Å². The highest BCUT2D eigenvalue weighted by Crippen LogP contribution is 2.57. The molecule has 4 saturated carbocycles. The molecule has 4 rings (SSSR count). The molecular weight excluding hydrogens is 144 g/mol. The molecule has 0 aromatic carbocycles. The van der Waals surface area contributed by atoms with Gasteiger partial charge in [-0.15, -0.1) is 0 Å². The van der Waals surface area contributed by atoms with Crippen LogP contribution in [-0.4, -0.2) is 0 Å². The Morgan fingerprint density at radius 2 is 1.50 bits per heavy atom. The van der Waals surface area contributed by atoms with E-state index in [1.54, 1.807) is 0 Å². The largest absolute Gasteiger partial charge is 0.0651 e. The van der Waals surface area contributed by atoms with Crippen LogP contribution in [0.1, 0.15) is 46.8 Å². The predicted octanol–water partition coefficient (Wildman–Crippen LogP) is 3.47. The van der Waals surface area contributed by atoms with E-state index >= 15 is 0 Å². The number of hydrogen-bond donors (Lipinski definition) is 0. The van der Waals surface area contributed by atoms with Crippen molar-refractivity contribution in [3.05, 3.63) is 0 Å². The molecule has 0 heterocycles. The minimum absolute atomic E-state index is 0.204. The molecule has 4 bridgehead atoms. The van der Waals surface area contributed by atoms with Gasteiger partial charge in [0.2, 0.25) is 0 Å². The average Bonchev–Trinajstić information content (AvgIpc) is 2.00. The average molecular weight is 165 g/mol. The van der Waals surface area contributed by atoms with E-state index in [2.05, 4.69) is 6.92 Å². The minimum Gasteiger partial charge on any atom is -0.0651 e. The summed E-state index contributed by atoms with van der Waals surface area (Å²) < 4.78 is 7.95. The molecule has 4 aliphatic rings. The Labute approximate surface area is 77.1 Å². The molecule has 0 amide bonds. The lowest BCUT2D eigenvalue weighted by molar-refractivity contribution is -0.0376. The molecular formula is C12H20. The standard InChI is InChI=1S/C12H20/c1-2-12-10-4-8-3-9(6-10)7-11(12)5-8/h8-12H,2-7H2,1H3/i2D. The fourth-order valence-electron chi connectivity index (χ4n) is 4.51. The molecule has 4 fully saturated rings. The molecule has 0 N–H and O–H groups in total. The first-order valence-electron chi connectivity index (χ1n) is 6.24. The zero-order valence-electron chi connectivity index (χ0n) is 9.00. The summed E-state index contributed by atoms with van der Waals surface area (Å²) in [5.74, 6) is 4.80. The summed E-state index contributed by atoms with van der Waals surface area (Å²) in [7, 11) is 0. The molecule has 0 nitrogen and oxygen atoms in total. The third-order valence-corrected chi connectivity index (χ3v) is 4.68. The molecule has 0 saturated heterocycles. The van der Waals surface area contributed by atoms with Crippen molar-refractivity contribution >= 4 is 0 Å². The van der Waals surface area contributed by atoms with Crippen LogP contribution in [0.4, 0.5) is 0 Å². The topological polar surface area (TPSA) is 0 Å². The highest BCUT2D eigenvalue weighted by atomic mass is 14.5. The summed E-state index contributed by atoms with van der Waals surface area (Å²) in [6.45, 7) is 2.12. The Morgan fingerprint density at radius 1 is 1.00 bits per heavy atom. The first-order chi connectivity index (χ1) is 6.24. The number of hydrogen-bond acceptors (Lipinski definition) is 0. The number of rotatable bonds is 1. The summed E-state index contributed by atoms with van der Waals surface area (Å²) in [5.41, 5.74) is 0. The van der Waals surface area contributed by atoms with E-state index in [0.29, 0.717) is 0 Å². The van der Waals surface area contributed by atoms with Crippen LogP contribution in [0, 0.1) is 29.6 Å². The fraction of sp³-hybridized carbons (Fsp3) is 1.00. The molecule has 0 heteroatoms. The van der Waals surface area contributed by atoms with Gasteiger partial charge in [-0.25, -0.2) is 0 Å². The van der Waals surface area contributed by atoms with Gasteiger partial charge in [0.15, 0.2) is 0 Å². The van der Waals surface area contributed by atoms with E-state index in [0.717, 1.165) is 29.6 Å². The molecule has 0 aromatic rings. The maximum Gasteiger partial charge on any atom is 0.0267 e. The summed E-state index contributed by atoms with van der Waals surface area (Å²) in [6.07, 6.45) is 7.63. The molecule has 0 aliphatic heterocycles. The van der Waals surface area contributed by atoms with E-state index in [-0.39, 0.29) is 6.40 Å². The molecule has 0 aromatic heterocycles. The second kappa shape index (κ2) is 2.49. The van der Waals surface area contributed by atoms with Crippen LogP contribution in [-0.2, 0) is 0 Å². The van der Waals surface area contributed by atoms with Crippen LogP contribution >= 0.6 is 0 Å². The van der Waals surface area contributed by atoms with Gasteiger partial charge in [0, 0.05) is 1.37 Å². The summed E-state index contributed by atoms with van der Waals surface area (Å²) in [5, 5.41) is 0. The normalized spacial score (nSPS) is 60.1. The molecule has 0 radical (unpaired) electrons. The van der Waals surface area contributed by atoms with Crippen LogP contribution in [0.25, 0.3) is 0 Å². The molecule has 12 heavy (non-hydrogen) atoms. The monoisotopic (exact) mass is 165 g/mol. The molecule has 0 spiro atoms. The smallest absolute Gasteiger partial charge is 0.0267 e. The third-order valence-electron chi connectivity index (χ3n) is 4.68. The van der Waals surface area contributed by atoms with Gasteiger partial charge in [-0.3, -0.25) is 0 Å². The van der Waals surface area contributed by atoms with E-state index in [1.165, 1.54) is 32.1 Å². The Balaban J connectivity index is 1.85. The minimum atomic E-state index is 0.204. The lowest BCUT2D eigenvalue weighted by Gasteiger charge is -2.54. The lowest BCUT2D eigenvalue weighted by atomic mass is 9.51. The van der Waals surface area contributed by atoms with Gasteiger partial charge in [0.1, 0.15) is 0 Å². The van der Waals surface area contributed by atoms with Gasteiger partial charge in [-0.05, 0) is 61.7 Å². The summed E-state index contributed by atoms with van der Waals surface area (Å²) in [4.78, 5) is 0. The lowest BCUT2D eigenvalue weighted by Crippen LogP contribution is -2.44. The van der Waals surface area contributed by atoms with Gasteiger partial charge in [0.25, 0.3) is 0 Å². The van der Waals surface area contributed by atoms with E-state index in [1.807, 2.05) is 0 Å². The van der Waals surface area contributed by atoms with Crippen molar-refractivity contribution in [3.63, 3.8) is 0 Å². The van der Waals surface area contributed by atoms with Gasteiger partial charge < -0.3 is 0 Å². The van der Waals surface area contributed by atoms with E-state index < -0.39 is 0 Å². The van der Waals surface area contributed by atoms with Gasteiger partial charge in [-0.2, -0.15) is 0 Å². The van der Waals surface area contributed by atoms with Gasteiger partial charge >= 0.3 is 0 Å². The molecule has 1 unspecified atom stereocenters. The Hall–Kier alpha value is 0. The van der Waals surface area contributed by atoms with Crippen LogP contribution in [0.15, 0.2) is 0 Å². The SMILES string of the molecule is [2H]C(C)C1C2CC3CC(C2)CC1C3. The third kappa shape index (κ3) is 0.900. The zero-order valence-corrected chi connectivity index (χ0v) is 8.00. The first kappa shape index (κ1) is 6.45. The van der Waals surface area contributed by atoms with Crippen molar-refractivity contribution in [2.24, 2.45) is 29.6 Å². The second-order valence-corrected chi connectivity index (χ2v) is 5.34. The molecule has 4 aliphatic carbocycles. The predicted molar refractivity (Wildman–Crippen MR) is 50.8 cm³/mol. The Bertz CT molecular complexity index is 181. The van der Waals surface area contributed by atoms with Crippen LogP contribution in [0.2, 0.25) is 0 Å².